The van der Waals surface area contributed by atoms with Crippen LogP contribution in [0.3, 0.4) is 0 Å². The van der Waals surface area contributed by atoms with E-state index in [1.165, 1.54) is 4.90 Å². The molecule has 3 fully saturated rings. The van der Waals surface area contributed by atoms with Crippen LogP contribution < -0.4 is 9.80 Å². The van der Waals surface area contributed by atoms with Crippen LogP contribution in [0.5, 0.6) is 0 Å². The van der Waals surface area contributed by atoms with E-state index in [1.54, 1.807) is 17.0 Å². The van der Waals surface area contributed by atoms with E-state index in [0.29, 0.717) is 23.8 Å². The molecule has 7 heteroatoms. The van der Waals surface area contributed by atoms with Crippen molar-refractivity contribution in [3.63, 3.8) is 0 Å². The van der Waals surface area contributed by atoms with Gasteiger partial charge in [0.05, 0.1) is 17.5 Å². The van der Waals surface area contributed by atoms with Crippen LogP contribution in [-0.2, 0) is 19.9 Å². The van der Waals surface area contributed by atoms with Gasteiger partial charge >= 0.3 is 0 Å². The molecule has 4 aliphatic rings. The Morgan fingerprint density at radius 1 is 1.06 bits per heavy atom. The number of likely N-dealkylation sites (N-methyl/N-ethyl adjacent to an activating group) is 1. The fourth-order valence-corrected chi connectivity index (χ4v) is 6.88. The summed E-state index contributed by atoms with van der Waals surface area (Å²) in [5, 5.41) is 0.472. The van der Waals surface area contributed by atoms with Gasteiger partial charge in [0.2, 0.25) is 11.8 Å². The number of hydrogen-bond donors (Lipinski definition) is 0. The zero-order chi connectivity index (χ0) is 22.4. The van der Waals surface area contributed by atoms with Gasteiger partial charge in [-0.15, -0.1) is 0 Å². The third-order valence-corrected chi connectivity index (χ3v) is 8.11. The smallest absolute Gasteiger partial charge is 0.253 e. The number of carbonyl (C=O) groups excluding carboxylic acids is 3. The fourth-order valence-electron chi connectivity index (χ4n) is 6.72. The molecule has 6 nitrogen and oxygen atoms in total. The van der Waals surface area contributed by atoms with Crippen molar-refractivity contribution in [3.05, 3.63) is 58.6 Å². The summed E-state index contributed by atoms with van der Waals surface area (Å²) < 4.78 is 0. The van der Waals surface area contributed by atoms with E-state index < -0.39 is 17.4 Å². The molecule has 3 saturated heterocycles. The Bertz CT molecular complexity index is 1200. The molecule has 0 aliphatic carbocycles. The molecule has 164 valence electrons. The summed E-state index contributed by atoms with van der Waals surface area (Å²) in [6.45, 7) is 5.05. The molecule has 2 aromatic rings. The average Bonchev–Trinajstić information content (AvgIpc) is 3.48. The summed E-state index contributed by atoms with van der Waals surface area (Å²) in [6.07, 6.45) is 1.72. The van der Waals surface area contributed by atoms with Gasteiger partial charge in [-0.2, -0.15) is 0 Å². The summed E-state index contributed by atoms with van der Waals surface area (Å²) in [5.41, 5.74) is 1.92. The minimum atomic E-state index is -1.12. The van der Waals surface area contributed by atoms with Gasteiger partial charge in [0.25, 0.3) is 5.91 Å². The Kier molecular flexibility index (Phi) is 4.15. The molecule has 3 amide bonds. The minimum Gasteiger partial charge on any atom is -0.310 e. The molecular formula is C25H24ClN3O3. The molecule has 0 unspecified atom stereocenters. The maximum atomic E-state index is 14.1. The van der Waals surface area contributed by atoms with Crippen LogP contribution in [0.4, 0.5) is 11.4 Å². The van der Waals surface area contributed by atoms with Crippen molar-refractivity contribution in [2.45, 2.75) is 38.3 Å². The molecule has 0 aromatic heterocycles. The number of fused-ring (bicyclic) bond motifs is 7. The molecule has 4 heterocycles. The lowest BCUT2D eigenvalue weighted by Gasteiger charge is -2.37. The second-order valence-electron chi connectivity index (χ2n) is 9.18. The molecule has 0 bridgehead atoms. The maximum Gasteiger partial charge on any atom is 0.253 e. The van der Waals surface area contributed by atoms with E-state index >= 15 is 0 Å². The Labute approximate surface area is 191 Å². The standard InChI is InChI=1S/C25H24ClN3O3/c1-3-27-17-8-5-4-7-16(17)25(24(27)32)21-20(18-9-6-12-28(18)25)22(30)29(23(21)31)19-13-15(26)11-10-14(19)2/h4-5,7-8,10-11,13,18,20-21H,3,6,9,12H2,1-2H3/t18-,20-,21-,25-/m1/s1. The zero-order valence-electron chi connectivity index (χ0n) is 18.0. The highest BCUT2D eigenvalue weighted by molar-refractivity contribution is 6.32. The van der Waals surface area contributed by atoms with Crippen molar-refractivity contribution < 1.29 is 14.4 Å². The maximum absolute atomic E-state index is 14.1. The molecule has 4 aliphatic heterocycles. The number of benzene rings is 2. The third kappa shape index (κ3) is 2.17. The molecule has 1 spiro atoms. The first-order valence-corrected chi connectivity index (χ1v) is 11.6. The van der Waals surface area contributed by atoms with Gasteiger partial charge in [0, 0.05) is 28.9 Å². The quantitative estimate of drug-likeness (QED) is 0.658. The van der Waals surface area contributed by atoms with Crippen molar-refractivity contribution in [2.24, 2.45) is 11.8 Å². The van der Waals surface area contributed by atoms with Crippen LogP contribution in [0.25, 0.3) is 0 Å². The van der Waals surface area contributed by atoms with Crippen molar-refractivity contribution in [1.29, 1.82) is 0 Å². The highest BCUT2D eigenvalue weighted by atomic mass is 35.5. The van der Waals surface area contributed by atoms with E-state index in [2.05, 4.69) is 4.90 Å². The summed E-state index contributed by atoms with van der Waals surface area (Å²) in [4.78, 5) is 47.3. The number of imide groups is 1. The first-order valence-electron chi connectivity index (χ1n) is 11.2. The lowest BCUT2D eigenvalue weighted by Crippen LogP contribution is -2.56. The molecule has 0 N–H and O–H groups in total. The van der Waals surface area contributed by atoms with Gasteiger partial charge < -0.3 is 4.90 Å². The van der Waals surface area contributed by atoms with Gasteiger partial charge in [0.15, 0.2) is 0 Å². The van der Waals surface area contributed by atoms with Crippen molar-refractivity contribution in [2.75, 3.05) is 22.9 Å². The Hall–Kier alpha value is -2.70. The second kappa shape index (κ2) is 6.65. The highest BCUT2D eigenvalue weighted by Gasteiger charge is 2.75. The van der Waals surface area contributed by atoms with E-state index in [9.17, 15) is 14.4 Å². The molecule has 6 rings (SSSR count). The lowest BCUT2D eigenvalue weighted by molar-refractivity contribution is -0.137. The molecule has 2 aromatic carbocycles. The first-order chi connectivity index (χ1) is 15.4. The van der Waals surface area contributed by atoms with Crippen LogP contribution in [0.2, 0.25) is 5.02 Å². The van der Waals surface area contributed by atoms with Crippen LogP contribution >= 0.6 is 11.6 Å². The van der Waals surface area contributed by atoms with Crippen molar-refractivity contribution in [1.82, 2.24) is 4.90 Å². The zero-order valence-corrected chi connectivity index (χ0v) is 18.8. The number of rotatable bonds is 2. The highest BCUT2D eigenvalue weighted by Crippen LogP contribution is 2.61. The van der Waals surface area contributed by atoms with Crippen LogP contribution in [0.1, 0.15) is 30.9 Å². The summed E-state index contributed by atoms with van der Waals surface area (Å²) in [7, 11) is 0. The van der Waals surface area contributed by atoms with E-state index in [4.69, 9.17) is 11.6 Å². The average molecular weight is 450 g/mol. The number of halogens is 1. The van der Waals surface area contributed by atoms with Crippen molar-refractivity contribution >= 4 is 40.7 Å². The topological polar surface area (TPSA) is 60.9 Å². The van der Waals surface area contributed by atoms with Crippen LogP contribution in [0.15, 0.2) is 42.5 Å². The first kappa shape index (κ1) is 19.9. The number of amides is 3. The predicted molar refractivity (Wildman–Crippen MR) is 122 cm³/mol. The van der Waals surface area contributed by atoms with Crippen LogP contribution in [0, 0.1) is 18.8 Å². The minimum absolute atomic E-state index is 0.0774. The second-order valence-corrected chi connectivity index (χ2v) is 9.62. The number of hydrogen-bond acceptors (Lipinski definition) is 4. The van der Waals surface area contributed by atoms with E-state index in [0.717, 1.165) is 29.7 Å². The van der Waals surface area contributed by atoms with Gasteiger partial charge in [0.1, 0.15) is 5.54 Å². The van der Waals surface area contributed by atoms with Gasteiger partial charge in [-0.05, 0) is 57.0 Å². The fraction of sp³-hybridized carbons (Fsp3) is 0.400. The molecule has 32 heavy (non-hydrogen) atoms. The SMILES string of the molecule is CCN1C(=O)[C@@]2(c3ccccc31)[C@H]1C(=O)N(c3cc(Cl)ccc3C)C(=O)[C@@H]1[C@H]1CCCN12. The normalized spacial score (nSPS) is 31.1. The monoisotopic (exact) mass is 449 g/mol. The lowest BCUT2D eigenvalue weighted by atomic mass is 9.75. The van der Waals surface area contributed by atoms with Crippen molar-refractivity contribution in [3.8, 4) is 0 Å². The summed E-state index contributed by atoms with van der Waals surface area (Å²) in [6, 6.07) is 12.9. The number of nitrogens with zero attached hydrogens (tertiary/aromatic N) is 3. The summed E-state index contributed by atoms with van der Waals surface area (Å²) >= 11 is 6.23. The Morgan fingerprint density at radius 3 is 2.62 bits per heavy atom. The predicted octanol–water partition coefficient (Wildman–Crippen LogP) is 3.49. The number of aryl methyl sites for hydroxylation is 1. The molecule has 0 saturated carbocycles. The molecule has 0 radical (unpaired) electrons. The Balaban J connectivity index is 1.58. The largest absolute Gasteiger partial charge is 0.310 e. The summed E-state index contributed by atoms with van der Waals surface area (Å²) in [5.74, 6) is -1.84. The Morgan fingerprint density at radius 2 is 1.84 bits per heavy atom. The van der Waals surface area contributed by atoms with Gasteiger partial charge in [-0.1, -0.05) is 35.9 Å². The van der Waals surface area contributed by atoms with Gasteiger partial charge in [-0.25, -0.2) is 4.90 Å². The number of para-hydroxylation sites is 1. The number of anilines is 2. The third-order valence-electron chi connectivity index (χ3n) is 7.87. The van der Waals surface area contributed by atoms with Gasteiger partial charge in [-0.3, -0.25) is 19.3 Å². The molecular weight excluding hydrogens is 426 g/mol. The molecule has 4 atom stereocenters. The number of carbonyl (C=O) groups is 3. The van der Waals surface area contributed by atoms with E-state index in [-0.39, 0.29) is 23.8 Å². The van der Waals surface area contributed by atoms with Crippen LogP contribution in [-0.4, -0.2) is 41.8 Å². The van der Waals surface area contributed by atoms with E-state index in [1.807, 2.05) is 44.2 Å².